The molecule has 0 N–H and O–H groups in total. The van der Waals surface area contributed by atoms with Gasteiger partial charge in [0, 0.05) is 6.42 Å². The Morgan fingerprint density at radius 2 is 2.08 bits per heavy atom. The molecule has 12 heavy (non-hydrogen) atoms. The molecule has 0 fully saturated rings. The zero-order chi connectivity index (χ0) is 9.56. The third kappa shape index (κ3) is 7.80. The van der Waals surface area contributed by atoms with E-state index in [-0.39, 0.29) is 5.24 Å². The lowest BCUT2D eigenvalue weighted by Crippen LogP contribution is -1.98. The third-order valence-electron chi connectivity index (χ3n) is 1.72. The van der Waals surface area contributed by atoms with E-state index in [1.165, 1.54) is 5.57 Å². The zero-order valence-electron chi connectivity index (χ0n) is 8.06. The molecule has 0 unspecified atom stereocenters. The van der Waals surface area contributed by atoms with Gasteiger partial charge >= 0.3 is 0 Å². The van der Waals surface area contributed by atoms with Crippen molar-refractivity contribution in [1.29, 1.82) is 0 Å². The first-order valence-corrected chi connectivity index (χ1v) is 4.72. The molecule has 0 spiro atoms. The first-order valence-electron chi connectivity index (χ1n) is 4.34. The molecule has 0 saturated carbocycles. The molecule has 0 heterocycles. The van der Waals surface area contributed by atoms with Crippen LogP contribution in [0.3, 0.4) is 0 Å². The fraction of sp³-hybridized carbons (Fsp3) is 0.700. The van der Waals surface area contributed by atoms with Crippen LogP contribution in [0.1, 0.15) is 40.0 Å². The van der Waals surface area contributed by atoms with Crippen LogP contribution < -0.4 is 0 Å². The van der Waals surface area contributed by atoms with E-state index >= 15 is 0 Å². The Labute approximate surface area is 79.8 Å². The van der Waals surface area contributed by atoms with E-state index in [0.717, 1.165) is 12.8 Å². The second-order valence-corrected chi connectivity index (χ2v) is 3.94. The van der Waals surface area contributed by atoms with E-state index in [4.69, 9.17) is 11.6 Å². The first kappa shape index (κ1) is 11.7. The van der Waals surface area contributed by atoms with Crippen molar-refractivity contribution in [2.24, 2.45) is 5.92 Å². The standard InChI is InChI=1S/C10H17ClO/c1-8(2)5-4-6-9(3)7-10(11)12/h5,9H,4,6-7H2,1-3H3/t9-/m0/s1. The van der Waals surface area contributed by atoms with Crippen LogP contribution in [0.15, 0.2) is 11.6 Å². The van der Waals surface area contributed by atoms with E-state index < -0.39 is 0 Å². The maximum absolute atomic E-state index is 10.5. The lowest BCUT2D eigenvalue weighted by molar-refractivity contribution is -0.112. The molecular weight excluding hydrogens is 172 g/mol. The number of rotatable bonds is 5. The first-order chi connectivity index (χ1) is 5.52. The predicted molar refractivity (Wildman–Crippen MR) is 53.3 cm³/mol. The normalized spacial score (nSPS) is 12.3. The summed E-state index contributed by atoms with van der Waals surface area (Å²) in [5.41, 5.74) is 1.33. The van der Waals surface area contributed by atoms with Crippen LogP contribution in [0.25, 0.3) is 0 Å². The van der Waals surface area contributed by atoms with Crippen LogP contribution in [-0.2, 0) is 4.79 Å². The molecule has 0 aliphatic carbocycles. The molecule has 0 radical (unpaired) electrons. The summed E-state index contributed by atoms with van der Waals surface area (Å²) in [6.45, 7) is 6.22. The molecule has 0 aliphatic rings. The second-order valence-electron chi connectivity index (χ2n) is 3.52. The van der Waals surface area contributed by atoms with Crippen LogP contribution in [0.4, 0.5) is 0 Å². The van der Waals surface area contributed by atoms with Crippen LogP contribution in [0.5, 0.6) is 0 Å². The quantitative estimate of drug-likeness (QED) is 0.477. The van der Waals surface area contributed by atoms with E-state index in [0.29, 0.717) is 12.3 Å². The lowest BCUT2D eigenvalue weighted by Gasteiger charge is -2.05. The van der Waals surface area contributed by atoms with Gasteiger partial charge in [0.1, 0.15) is 0 Å². The van der Waals surface area contributed by atoms with Gasteiger partial charge in [-0.2, -0.15) is 0 Å². The maximum Gasteiger partial charge on any atom is 0.221 e. The Morgan fingerprint density at radius 3 is 2.50 bits per heavy atom. The average molecular weight is 189 g/mol. The summed E-state index contributed by atoms with van der Waals surface area (Å²) in [6.07, 6.45) is 4.78. The van der Waals surface area contributed by atoms with Crippen LogP contribution in [0.2, 0.25) is 0 Å². The Morgan fingerprint density at radius 1 is 1.50 bits per heavy atom. The molecular formula is C10H17ClO. The summed E-state index contributed by atoms with van der Waals surface area (Å²) in [5, 5.41) is -0.222. The highest BCUT2D eigenvalue weighted by molar-refractivity contribution is 6.63. The molecule has 0 amide bonds. The smallest absolute Gasteiger partial charge is 0.221 e. The van der Waals surface area contributed by atoms with Gasteiger partial charge in [-0.1, -0.05) is 18.6 Å². The number of carbonyl (C=O) groups excluding carboxylic acids is 1. The van der Waals surface area contributed by atoms with E-state index in [1.807, 2.05) is 0 Å². The Hall–Kier alpha value is -0.300. The van der Waals surface area contributed by atoms with Gasteiger partial charge in [-0.25, -0.2) is 0 Å². The predicted octanol–water partition coefficient (Wildman–Crippen LogP) is 3.52. The number of carbonyl (C=O) groups is 1. The summed E-state index contributed by atoms with van der Waals surface area (Å²) in [6, 6.07) is 0. The molecule has 2 heteroatoms. The number of hydrogen-bond acceptors (Lipinski definition) is 1. The number of halogens is 1. The van der Waals surface area contributed by atoms with Crippen molar-refractivity contribution in [3.8, 4) is 0 Å². The molecule has 0 aromatic rings. The van der Waals surface area contributed by atoms with Crippen LogP contribution in [-0.4, -0.2) is 5.24 Å². The fourth-order valence-corrected chi connectivity index (χ4v) is 1.30. The fourth-order valence-electron chi connectivity index (χ4n) is 1.03. The molecule has 0 aromatic heterocycles. The third-order valence-corrected chi connectivity index (χ3v) is 1.88. The lowest BCUT2D eigenvalue weighted by atomic mass is 10.0. The zero-order valence-corrected chi connectivity index (χ0v) is 8.82. The van der Waals surface area contributed by atoms with Crippen molar-refractivity contribution in [3.63, 3.8) is 0 Å². The summed E-state index contributed by atoms with van der Waals surface area (Å²) in [5.74, 6) is 0.408. The molecule has 0 bridgehead atoms. The summed E-state index contributed by atoms with van der Waals surface area (Å²) >= 11 is 5.26. The van der Waals surface area contributed by atoms with Crippen molar-refractivity contribution < 1.29 is 4.79 Å². The van der Waals surface area contributed by atoms with Gasteiger partial charge in [0.05, 0.1) is 0 Å². The minimum Gasteiger partial charge on any atom is -0.281 e. The minimum atomic E-state index is -0.222. The number of hydrogen-bond donors (Lipinski definition) is 0. The largest absolute Gasteiger partial charge is 0.281 e. The van der Waals surface area contributed by atoms with E-state index in [2.05, 4.69) is 26.8 Å². The maximum atomic E-state index is 10.5. The van der Waals surface area contributed by atoms with Gasteiger partial charge in [0.15, 0.2) is 0 Å². The Balaban J connectivity index is 3.50. The molecule has 1 atom stereocenters. The van der Waals surface area contributed by atoms with E-state index in [1.54, 1.807) is 0 Å². The Kier molecular flexibility index (Phi) is 6.09. The van der Waals surface area contributed by atoms with Gasteiger partial charge in [0.2, 0.25) is 5.24 Å². The molecule has 0 saturated heterocycles. The van der Waals surface area contributed by atoms with Crippen molar-refractivity contribution in [2.75, 3.05) is 0 Å². The minimum absolute atomic E-state index is 0.222. The van der Waals surface area contributed by atoms with Crippen molar-refractivity contribution in [3.05, 3.63) is 11.6 Å². The van der Waals surface area contributed by atoms with Gasteiger partial charge in [-0.15, -0.1) is 0 Å². The molecule has 70 valence electrons. The second kappa shape index (κ2) is 6.24. The highest BCUT2D eigenvalue weighted by atomic mass is 35.5. The van der Waals surface area contributed by atoms with Gasteiger partial charge in [0.25, 0.3) is 0 Å². The molecule has 1 nitrogen and oxygen atoms in total. The van der Waals surface area contributed by atoms with Gasteiger partial charge < -0.3 is 0 Å². The summed E-state index contributed by atoms with van der Waals surface area (Å²) in [4.78, 5) is 10.5. The highest BCUT2D eigenvalue weighted by Crippen LogP contribution is 2.12. The topological polar surface area (TPSA) is 17.1 Å². The molecule has 0 aromatic carbocycles. The molecule has 0 rings (SSSR count). The Bertz CT molecular complexity index is 169. The van der Waals surface area contributed by atoms with Crippen molar-refractivity contribution in [1.82, 2.24) is 0 Å². The van der Waals surface area contributed by atoms with Crippen molar-refractivity contribution in [2.45, 2.75) is 40.0 Å². The van der Waals surface area contributed by atoms with Gasteiger partial charge in [-0.05, 0) is 44.2 Å². The monoisotopic (exact) mass is 188 g/mol. The van der Waals surface area contributed by atoms with Crippen molar-refractivity contribution >= 4 is 16.8 Å². The molecule has 0 aliphatic heterocycles. The van der Waals surface area contributed by atoms with Crippen LogP contribution >= 0.6 is 11.6 Å². The van der Waals surface area contributed by atoms with Gasteiger partial charge in [-0.3, -0.25) is 4.79 Å². The number of allylic oxidation sites excluding steroid dienone is 2. The summed E-state index contributed by atoms with van der Waals surface area (Å²) in [7, 11) is 0. The van der Waals surface area contributed by atoms with E-state index in [9.17, 15) is 4.79 Å². The SMILES string of the molecule is CC(C)=CCC[C@H](C)CC(=O)Cl. The van der Waals surface area contributed by atoms with Crippen LogP contribution in [0, 0.1) is 5.92 Å². The summed E-state index contributed by atoms with van der Waals surface area (Å²) < 4.78 is 0. The average Bonchev–Trinajstić information content (AvgIpc) is 1.84. The highest BCUT2D eigenvalue weighted by Gasteiger charge is 2.04.